The SMILES string of the molecule is N=C(N)c1cc(-c2nc(-c3cccc(NC(=O)c4ccc(Cl)cc4)c3)cs2)cs1. The number of hydrogen-bond acceptors (Lipinski definition) is 5. The lowest BCUT2D eigenvalue weighted by molar-refractivity contribution is 0.102. The first kappa shape index (κ1) is 19.3. The van der Waals surface area contributed by atoms with Gasteiger partial charge in [-0.2, -0.15) is 0 Å². The van der Waals surface area contributed by atoms with Crippen molar-refractivity contribution in [2.75, 3.05) is 5.32 Å². The first-order chi connectivity index (χ1) is 14.0. The molecule has 144 valence electrons. The summed E-state index contributed by atoms with van der Waals surface area (Å²) in [6.45, 7) is 0. The van der Waals surface area contributed by atoms with Crippen molar-refractivity contribution in [3.63, 3.8) is 0 Å². The Kier molecular flexibility index (Phi) is 5.44. The van der Waals surface area contributed by atoms with Crippen LogP contribution in [-0.2, 0) is 0 Å². The van der Waals surface area contributed by atoms with Crippen molar-refractivity contribution in [1.82, 2.24) is 4.98 Å². The third-order valence-corrected chi connectivity index (χ3v) is 6.25. The molecule has 0 radical (unpaired) electrons. The first-order valence-corrected chi connectivity index (χ1v) is 10.7. The van der Waals surface area contributed by atoms with E-state index in [9.17, 15) is 4.79 Å². The van der Waals surface area contributed by atoms with E-state index in [-0.39, 0.29) is 11.7 Å². The third kappa shape index (κ3) is 4.37. The Morgan fingerprint density at radius 3 is 2.55 bits per heavy atom. The summed E-state index contributed by atoms with van der Waals surface area (Å²) in [5.41, 5.74) is 9.44. The fourth-order valence-electron chi connectivity index (χ4n) is 2.69. The molecule has 29 heavy (non-hydrogen) atoms. The van der Waals surface area contributed by atoms with Gasteiger partial charge in [0.2, 0.25) is 0 Å². The molecular formula is C21H15ClN4OS2. The zero-order chi connectivity index (χ0) is 20.4. The van der Waals surface area contributed by atoms with Crippen molar-refractivity contribution in [3.8, 4) is 21.8 Å². The second-order valence-electron chi connectivity index (χ2n) is 6.19. The number of hydrogen-bond donors (Lipinski definition) is 3. The molecule has 1 amide bonds. The number of halogens is 1. The largest absolute Gasteiger partial charge is 0.383 e. The lowest BCUT2D eigenvalue weighted by Gasteiger charge is -2.07. The highest BCUT2D eigenvalue weighted by molar-refractivity contribution is 7.15. The van der Waals surface area contributed by atoms with E-state index in [2.05, 4.69) is 5.32 Å². The standard InChI is InChI=1S/C21H15ClN4OS2/c22-15-6-4-12(5-7-15)20(27)25-16-3-1-2-13(8-16)17-11-29-21(26-17)14-9-18(19(23)24)28-10-14/h1-11H,(H3,23,24)(H,25,27). The molecule has 0 spiro atoms. The van der Waals surface area contributed by atoms with E-state index in [1.807, 2.05) is 41.1 Å². The summed E-state index contributed by atoms with van der Waals surface area (Å²) in [7, 11) is 0. The Labute approximate surface area is 180 Å². The van der Waals surface area contributed by atoms with Crippen LogP contribution in [-0.4, -0.2) is 16.7 Å². The zero-order valence-electron chi connectivity index (χ0n) is 15.0. The number of amides is 1. The molecule has 0 saturated heterocycles. The molecule has 0 bridgehead atoms. The summed E-state index contributed by atoms with van der Waals surface area (Å²) < 4.78 is 0. The Balaban J connectivity index is 1.54. The average Bonchev–Trinajstić information content (AvgIpc) is 3.38. The lowest BCUT2D eigenvalue weighted by Crippen LogP contribution is -2.11. The Morgan fingerprint density at radius 2 is 1.83 bits per heavy atom. The molecule has 0 aliphatic heterocycles. The molecule has 4 rings (SSSR count). The molecular weight excluding hydrogens is 424 g/mol. The summed E-state index contributed by atoms with van der Waals surface area (Å²) in [6, 6.07) is 16.2. The number of amidine groups is 1. The van der Waals surface area contributed by atoms with Crippen molar-refractivity contribution < 1.29 is 4.79 Å². The minimum atomic E-state index is -0.201. The Hall–Kier alpha value is -3.00. The first-order valence-electron chi connectivity index (χ1n) is 8.56. The van der Waals surface area contributed by atoms with Crippen LogP contribution < -0.4 is 11.1 Å². The number of aromatic nitrogens is 1. The van der Waals surface area contributed by atoms with E-state index in [1.165, 1.54) is 22.7 Å². The number of anilines is 1. The second-order valence-corrected chi connectivity index (χ2v) is 8.40. The topological polar surface area (TPSA) is 91.9 Å². The van der Waals surface area contributed by atoms with Gasteiger partial charge in [-0.15, -0.1) is 22.7 Å². The summed E-state index contributed by atoms with van der Waals surface area (Å²) in [5, 5.41) is 15.8. The van der Waals surface area contributed by atoms with Gasteiger partial charge in [0, 0.05) is 38.2 Å². The van der Waals surface area contributed by atoms with Crippen LogP contribution in [0.4, 0.5) is 5.69 Å². The van der Waals surface area contributed by atoms with Crippen LogP contribution >= 0.6 is 34.3 Å². The van der Waals surface area contributed by atoms with E-state index in [4.69, 9.17) is 27.7 Å². The van der Waals surface area contributed by atoms with Crippen molar-refractivity contribution >= 4 is 51.7 Å². The number of nitrogen functional groups attached to an aromatic ring is 1. The number of nitrogens with one attached hydrogen (secondary N) is 2. The molecule has 0 aliphatic rings. The molecule has 0 aliphatic carbocycles. The average molecular weight is 439 g/mol. The quantitative estimate of drug-likeness (QED) is 0.274. The zero-order valence-corrected chi connectivity index (χ0v) is 17.4. The summed E-state index contributed by atoms with van der Waals surface area (Å²) in [5.74, 6) is -0.144. The van der Waals surface area contributed by atoms with Gasteiger partial charge < -0.3 is 11.1 Å². The van der Waals surface area contributed by atoms with Crippen molar-refractivity contribution in [2.24, 2.45) is 5.73 Å². The van der Waals surface area contributed by atoms with Gasteiger partial charge in [-0.25, -0.2) is 4.98 Å². The predicted octanol–water partition coefficient (Wildman–Crippen LogP) is 5.73. The number of carbonyl (C=O) groups excluding carboxylic acids is 1. The summed E-state index contributed by atoms with van der Waals surface area (Å²) in [4.78, 5) is 17.8. The molecule has 2 heterocycles. The highest BCUT2D eigenvalue weighted by Gasteiger charge is 2.11. The normalized spacial score (nSPS) is 10.7. The van der Waals surface area contributed by atoms with E-state index < -0.39 is 0 Å². The number of benzene rings is 2. The molecule has 0 saturated carbocycles. The number of thiazole rings is 1. The van der Waals surface area contributed by atoms with Gasteiger partial charge >= 0.3 is 0 Å². The maximum absolute atomic E-state index is 12.4. The fraction of sp³-hybridized carbons (Fsp3) is 0. The van der Waals surface area contributed by atoms with Crippen LogP contribution in [0, 0.1) is 5.41 Å². The van der Waals surface area contributed by atoms with Gasteiger partial charge in [-0.3, -0.25) is 10.2 Å². The third-order valence-electron chi connectivity index (χ3n) is 4.14. The van der Waals surface area contributed by atoms with Gasteiger partial charge in [0.15, 0.2) is 0 Å². The minimum Gasteiger partial charge on any atom is -0.383 e. The van der Waals surface area contributed by atoms with E-state index in [0.29, 0.717) is 16.3 Å². The van der Waals surface area contributed by atoms with E-state index in [0.717, 1.165) is 26.7 Å². The van der Waals surface area contributed by atoms with Gasteiger partial charge in [0.1, 0.15) is 10.8 Å². The van der Waals surface area contributed by atoms with Gasteiger partial charge in [-0.05, 0) is 42.5 Å². The van der Waals surface area contributed by atoms with Crippen molar-refractivity contribution in [1.29, 1.82) is 5.41 Å². The molecule has 8 heteroatoms. The molecule has 5 nitrogen and oxygen atoms in total. The fourth-order valence-corrected chi connectivity index (χ4v) is 4.46. The molecule has 0 atom stereocenters. The number of rotatable bonds is 5. The maximum atomic E-state index is 12.4. The molecule has 4 N–H and O–H groups in total. The maximum Gasteiger partial charge on any atom is 0.255 e. The lowest BCUT2D eigenvalue weighted by atomic mass is 10.1. The smallest absolute Gasteiger partial charge is 0.255 e. The monoisotopic (exact) mass is 438 g/mol. The van der Waals surface area contributed by atoms with Crippen molar-refractivity contribution in [2.45, 2.75) is 0 Å². The molecule has 2 aromatic carbocycles. The van der Waals surface area contributed by atoms with Gasteiger partial charge in [0.05, 0.1) is 10.6 Å². The van der Waals surface area contributed by atoms with E-state index in [1.54, 1.807) is 24.3 Å². The van der Waals surface area contributed by atoms with Crippen LogP contribution in [0.15, 0.2) is 65.4 Å². The minimum absolute atomic E-state index is 0.0576. The Morgan fingerprint density at radius 1 is 1.03 bits per heavy atom. The van der Waals surface area contributed by atoms with Crippen molar-refractivity contribution in [3.05, 3.63) is 80.8 Å². The van der Waals surface area contributed by atoms with Gasteiger partial charge in [-0.1, -0.05) is 23.7 Å². The number of nitrogens with two attached hydrogens (primary N) is 1. The molecule has 0 fully saturated rings. The van der Waals surface area contributed by atoms with E-state index >= 15 is 0 Å². The summed E-state index contributed by atoms with van der Waals surface area (Å²) in [6.07, 6.45) is 0. The predicted molar refractivity (Wildman–Crippen MR) is 121 cm³/mol. The highest BCUT2D eigenvalue weighted by Crippen LogP contribution is 2.32. The molecule has 4 aromatic rings. The number of nitrogens with zero attached hydrogens (tertiary/aromatic N) is 1. The van der Waals surface area contributed by atoms with Crippen LogP contribution in [0.5, 0.6) is 0 Å². The highest BCUT2D eigenvalue weighted by atomic mass is 35.5. The number of thiophene rings is 1. The summed E-state index contributed by atoms with van der Waals surface area (Å²) >= 11 is 8.83. The molecule has 0 unspecified atom stereocenters. The second kappa shape index (κ2) is 8.16. The number of carbonyl (C=O) groups is 1. The van der Waals surface area contributed by atoms with Crippen LogP contribution in [0.25, 0.3) is 21.8 Å². The van der Waals surface area contributed by atoms with Crippen LogP contribution in [0.2, 0.25) is 5.02 Å². The molecule has 2 aromatic heterocycles. The Bertz CT molecular complexity index is 1200. The van der Waals surface area contributed by atoms with Crippen LogP contribution in [0.3, 0.4) is 0 Å². The van der Waals surface area contributed by atoms with Gasteiger partial charge in [0.25, 0.3) is 5.91 Å². The van der Waals surface area contributed by atoms with Crippen LogP contribution in [0.1, 0.15) is 15.2 Å².